The third-order valence-electron chi connectivity index (χ3n) is 3.41. The average molecular weight is 277 g/mol. The third kappa shape index (κ3) is 2.57. The minimum Gasteiger partial charge on any atom is -0.459 e. The van der Waals surface area contributed by atoms with Gasteiger partial charge in [-0.1, -0.05) is 0 Å². The van der Waals surface area contributed by atoms with Crippen LogP contribution in [0.1, 0.15) is 30.5 Å². The molecule has 0 aliphatic heterocycles. The summed E-state index contributed by atoms with van der Waals surface area (Å²) in [6, 6.07) is 3.35. The van der Waals surface area contributed by atoms with E-state index >= 15 is 0 Å². The first-order valence-corrected chi connectivity index (χ1v) is 6.44. The molecule has 7 nitrogen and oxygen atoms in total. The van der Waals surface area contributed by atoms with Gasteiger partial charge in [0.15, 0.2) is 5.76 Å². The summed E-state index contributed by atoms with van der Waals surface area (Å²) in [4.78, 5) is 11.9. The van der Waals surface area contributed by atoms with Crippen LogP contribution in [0.4, 0.5) is 0 Å². The van der Waals surface area contributed by atoms with Crippen molar-refractivity contribution >= 4 is 5.91 Å². The van der Waals surface area contributed by atoms with Crippen molar-refractivity contribution in [2.45, 2.75) is 25.4 Å². The fourth-order valence-corrected chi connectivity index (χ4v) is 2.00. The van der Waals surface area contributed by atoms with Gasteiger partial charge in [-0.3, -0.25) is 4.79 Å². The first-order valence-electron chi connectivity index (χ1n) is 6.44. The fraction of sp³-hybridized carbons (Fsp3) is 0.462. The highest BCUT2D eigenvalue weighted by atomic mass is 16.4. The molecule has 0 saturated heterocycles. The van der Waals surface area contributed by atoms with Gasteiger partial charge in [-0.25, -0.2) is 0 Å². The smallest absolute Gasteiger partial charge is 0.308 e. The Morgan fingerprint density at radius 1 is 1.55 bits per heavy atom. The Morgan fingerprint density at radius 3 is 3.00 bits per heavy atom. The van der Waals surface area contributed by atoms with Crippen molar-refractivity contribution in [3.05, 3.63) is 24.3 Å². The van der Waals surface area contributed by atoms with Crippen LogP contribution < -0.4 is 5.32 Å². The maximum absolute atomic E-state index is 11.9. The van der Waals surface area contributed by atoms with Gasteiger partial charge in [-0.05, 0) is 37.8 Å². The quantitative estimate of drug-likeness (QED) is 0.852. The van der Waals surface area contributed by atoms with E-state index in [1.807, 2.05) is 0 Å². The Kier molecular flexibility index (Phi) is 3.06. The van der Waals surface area contributed by atoms with Gasteiger partial charge in [0.25, 0.3) is 5.89 Å². The molecule has 1 fully saturated rings. The number of nitrogens with one attached hydrogen (secondary N) is 1. The Morgan fingerprint density at radius 2 is 2.35 bits per heavy atom. The van der Waals surface area contributed by atoms with Gasteiger partial charge >= 0.3 is 11.8 Å². The molecule has 0 unspecified atom stereocenters. The second-order valence-corrected chi connectivity index (χ2v) is 5.20. The van der Waals surface area contributed by atoms with Crippen LogP contribution in [-0.4, -0.2) is 33.4 Å². The molecule has 1 atom stereocenters. The minimum atomic E-state index is -0.889. The summed E-state index contributed by atoms with van der Waals surface area (Å²) in [5.74, 6) is 0.152. The van der Waals surface area contributed by atoms with Crippen LogP contribution in [0.5, 0.6) is 0 Å². The van der Waals surface area contributed by atoms with Gasteiger partial charge in [0.05, 0.1) is 11.9 Å². The van der Waals surface area contributed by atoms with Crippen LogP contribution in [0.25, 0.3) is 11.7 Å². The molecule has 3 rings (SSSR count). The van der Waals surface area contributed by atoms with Crippen molar-refractivity contribution in [1.82, 2.24) is 15.5 Å². The molecule has 0 spiro atoms. The summed E-state index contributed by atoms with van der Waals surface area (Å²) in [6.45, 7) is 1.88. The zero-order valence-electron chi connectivity index (χ0n) is 11.0. The molecule has 0 bridgehead atoms. The summed E-state index contributed by atoms with van der Waals surface area (Å²) >= 11 is 0. The van der Waals surface area contributed by atoms with E-state index in [2.05, 4.69) is 15.5 Å². The van der Waals surface area contributed by atoms with E-state index in [9.17, 15) is 9.90 Å². The van der Waals surface area contributed by atoms with Crippen LogP contribution in [0.15, 0.2) is 27.2 Å². The van der Waals surface area contributed by atoms with E-state index in [0.29, 0.717) is 5.76 Å². The van der Waals surface area contributed by atoms with Crippen molar-refractivity contribution in [3.63, 3.8) is 0 Å². The van der Waals surface area contributed by atoms with Gasteiger partial charge < -0.3 is 19.3 Å². The fourth-order valence-electron chi connectivity index (χ4n) is 2.00. The summed E-state index contributed by atoms with van der Waals surface area (Å²) in [7, 11) is 0. The number of aliphatic hydroxyl groups is 1. The van der Waals surface area contributed by atoms with Gasteiger partial charge in [0.2, 0.25) is 0 Å². The molecule has 106 valence electrons. The molecule has 20 heavy (non-hydrogen) atoms. The lowest BCUT2D eigenvalue weighted by Crippen LogP contribution is -2.42. The summed E-state index contributed by atoms with van der Waals surface area (Å²) < 4.78 is 10.3. The Balaban J connectivity index is 1.63. The molecule has 2 heterocycles. The van der Waals surface area contributed by atoms with Crippen molar-refractivity contribution in [3.8, 4) is 11.7 Å². The van der Waals surface area contributed by atoms with Crippen LogP contribution in [0.2, 0.25) is 0 Å². The topological polar surface area (TPSA) is 101 Å². The zero-order valence-corrected chi connectivity index (χ0v) is 11.0. The number of rotatable bonds is 5. The van der Waals surface area contributed by atoms with E-state index in [1.54, 1.807) is 19.1 Å². The second-order valence-electron chi connectivity index (χ2n) is 5.20. The molecule has 1 amide bonds. The number of hydrogen-bond acceptors (Lipinski definition) is 6. The predicted molar refractivity (Wildman–Crippen MR) is 67.7 cm³/mol. The molecule has 1 saturated carbocycles. The molecule has 0 radical (unpaired) electrons. The molecule has 2 aromatic rings. The SMILES string of the molecule is C[C@](O)(CNC(=O)c1nnc(-c2ccco2)o1)C1CC1. The van der Waals surface area contributed by atoms with Crippen LogP contribution in [0, 0.1) is 5.92 Å². The monoisotopic (exact) mass is 277 g/mol. The molecule has 1 aliphatic carbocycles. The summed E-state index contributed by atoms with van der Waals surface area (Å²) in [6.07, 6.45) is 3.46. The number of carbonyl (C=O) groups excluding carboxylic acids is 1. The van der Waals surface area contributed by atoms with Crippen LogP contribution >= 0.6 is 0 Å². The molecule has 0 aromatic carbocycles. The number of aromatic nitrogens is 2. The molecule has 2 N–H and O–H groups in total. The Labute approximate surface area is 115 Å². The highest BCUT2D eigenvalue weighted by molar-refractivity contribution is 5.89. The van der Waals surface area contributed by atoms with E-state index in [-0.39, 0.29) is 24.2 Å². The lowest BCUT2D eigenvalue weighted by atomic mass is 10.0. The van der Waals surface area contributed by atoms with E-state index in [0.717, 1.165) is 12.8 Å². The van der Waals surface area contributed by atoms with Crippen molar-refractivity contribution < 1.29 is 18.7 Å². The summed E-state index contributed by atoms with van der Waals surface area (Å²) in [5.41, 5.74) is -0.889. The Bertz CT molecular complexity index is 599. The largest absolute Gasteiger partial charge is 0.459 e. The number of carbonyl (C=O) groups is 1. The van der Waals surface area contributed by atoms with Crippen molar-refractivity contribution in [1.29, 1.82) is 0 Å². The van der Waals surface area contributed by atoms with Crippen molar-refractivity contribution in [2.24, 2.45) is 5.92 Å². The highest BCUT2D eigenvalue weighted by Gasteiger charge is 2.40. The lowest BCUT2D eigenvalue weighted by molar-refractivity contribution is 0.0348. The Hall–Kier alpha value is -2.15. The number of nitrogens with zero attached hydrogens (tertiary/aromatic N) is 2. The molecule has 1 aliphatic rings. The van der Waals surface area contributed by atoms with Crippen LogP contribution in [-0.2, 0) is 0 Å². The molecular formula is C13H15N3O4. The van der Waals surface area contributed by atoms with Gasteiger partial charge in [0, 0.05) is 6.54 Å². The molecular weight excluding hydrogens is 262 g/mol. The second kappa shape index (κ2) is 4.75. The third-order valence-corrected chi connectivity index (χ3v) is 3.41. The number of amides is 1. The minimum absolute atomic E-state index is 0.147. The maximum atomic E-state index is 11.9. The number of furan rings is 1. The van der Waals surface area contributed by atoms with Crippen LogP contribution in [0.3, 0.4) is 0 Å². The first-order chi connectivity index (χ1) is 9.56. The van der Waals surface area contributed by atoms with E-state index in [4.69, 9.17) is 8.83 Å². The van der Waals surface area contributed by atoms with Gasteiger partial charge in [-0.2, -0.15) is 0 Å². The average Bonchev–Trinajstić information content (AvgIpc) is 2.96. The maximum Gasteiger partial charge on any atom is 0.308 e. The normalized spacial score (nSPS) is 17.7. The molecule has 2 aromatic heterocycles. The zero-order chi connectivity index (χ0) is 14.2. The van der Waals surface area contributed by atoms with E-state index < -0.39 is 11.5 Å². The predicted octanol–water partition coefficient (Wildman–Crippen LogP) is 1.22. The van der Waals surface area contributed by atoms with Crippen molar-refractivity contribution in [2.75, 3.05) is 6.54 Å². The highest BCUT2D eigenvalue weighted by Crippen LogP contribution is 2.39. The summed E-state index contributed by atoms with van der Waals surface area (Å²) in [5, 5.41) is 20.1. The molecule has 7 heteroatoms. The van der Waals surface area contributed by atoms with E-state index in [1.165, 1.54) is 6.26 Å². The standard InChI is InChI=1S/C13H15N3O4/c1-13(18,8-4-5-8)7-14-10(17)12-16-15-11(20-12)9-3-2-6-19-9/h2-3,6,8,18H,4-5,7H2,1H3,(H,14,17)/t13-/m0/s1. The van der Waals surface area contributed by atoms with Gasteiger partial charge in [-0.15, -0.1) is 10.2 Å². The lowest BCUT2D eigenvalue weighted by Gasteiger charge is -2.22. The first kappa shape index (κ1) is 12.9. The van der Waals surface area contributed by atoms with Gasteiger partial charge in [0.1, 0.15) is 0 Å². The number of hydrogen-bond donors (Lipinski definition) is 2.